The summed E-state index contributed by atoms with van der Waals surface area (Å²) in [4.78, 5) is 4.04. The Kier molecular flexibility index (Phi) is 4.71. The second-order valence-corrected chi connectivity index (χ2v) is 4.96. The highest BCUT2D eigenvalue weighted by molar-refractivity contribution is 5.43. The number of methoxy groups -OCH3 is 1. The molecule has 4 nitrogen and oxygen atoms in total. The summed E-state index contributed by atoms with van der Waals surface area (Å²) in [5.74, 6) is 6.65. The number of nitrogens with two attached hydrogens (primary N) is 1. The van der Waals surface area contributed by atoms with E-state index in [1.54, 1.807) is 19.5 Å². The van der Waals surface area contributed by atoms with Gasteiger partial charge >= 0.3 is 0 Å². The molecule has 1 heterocycles. The third-order valence-electron chi connectivity index (χ3n) is 3.55. The van der Waals surface area contributed by atoms with Gasteiger partial charge in [-0.15, -0.1) is 0 Å². The molecule has 0 aliphatic rings. The summed E-state index contributed by atoms with van der Waals surface area (Å²) in [7, 11) is 1.69. The smallest absolute Gasteiger partial charge is 0.122 e. The Bertz CT molecular complexity index is 569. The molecule has 3 N–H and O–H groups in total. The summed E-state index contributed by atoms with van der Waals surface area (Å²) in [6, 6.07) is 8.29. The number of hydrogen-bond acceptors (Lipinski definition) is 4. The molecule has 4 heteroatoms. The molecule has 2 rings (SSSR count). The van der Waals surface area contributed by atoms with Gasteiger partial charge in [0.05, 0.1) is 13.2 Å². The van der Waals surface area contributed by atoms with Crippen LogP contribution in [0.2, 0.25) is 0 Å². The molecule has 1 atom stereocenters. The second kappa shape index (κ2) is 6.50. The van der Waals surface area contributed by atoms with Crippen molar-refractivity contribution in [2.24, 2.45) is 5.84 Å². The molecule has 0 aliphatic carbocycles. The van der Waals surface area contributed by atoms with Crippen molar-refractivity contribution < 1.29 is 4.74 Å². The van der Waals surface area contributed by atoms with Crippen LogP contribution in [0.5, 0.6) is 5.75 Å². The Labute approximate surface area is 120 Å². The van der Waals surface area contributed by atoms with Crippen molar-refractivity contribution in [3.63, 3.8) is 0 Å². The van der Waals surface area contributed by atoms with E-state index >= 15 is 0 Å². The average Bonchev–Trinajstić information content (AvgIpc) is 2.48. The highest BCUT2D eigenvalue weighted by Gasteiger charge is 2.15. The zero-order valence-corrected chi connectivity index (χ0v) is 12.2. The van der Waals surface area contributed by atoms with Gasteiger partial charge in [-0.3, -0.25) is 16.3 Å². The number of hydrogen-bond donors (Lipinski definition) is 2. The number of nitrogens with zero attached hydrogens (tertiary/aromatic N) is 1. The molecule has 1 unspecified atom stereocenters. The number of nitrogens with one attached hydrogen (secondary N) is 1. The minimum atomic E-state index is 0.0713. The number of pyridine rings is 1. The third-order valence-corrected chi connectivity index (χ3v) is 3.55. The number of aryl methyl sites for hydroxylation is 2. The second-order valence-electron chi connectivity index (χ2n) is 4.96. The van der Waals surface area contributed by atoms with Gasteiger partial charge in [-0.25, -0.2) is 0 Å². The summed E-state index contributed by atoms with van der Waals surface area (Å²) in [5.41, 5.74) is 7.60. The standard InChI is InChI=1S/C16H21N3O/c1-11-9-16(20-3)12(2)8-14(11)15(19-17)10-13-4-6-18-7-5-13/h4-9,15,19H,10,17H2,1-3H3. The van der Waals surface area contributed by atoms with E-state index in [4.69, 9.17) is 10.6 Å². The quantitative estimate of drug-likeness (QED) is 0.648. The Morgan fingerprint density at radius 1 is 1.20 bits per heavy atom. The third kappa shape index (κ3) is 3.15. The van der Waals surface area contributed by atoms with E-state index < -0.39 is 0 Å². The van der Waals surface area contributed by atoms with E-state index in [2.05, 4.69) is 29.5 Å². The van der Waals surface area contributed by atoms with Crippen molar-refractivity contribution in [3.05, 3.63) is 58.9 Å². The van der Waals surface area contributed by atoms with E-state index in [0.29, 0.717) is 0 Å². The fourth-order valence-electron chi connectivity index (χ4n) is 2.42. The molecular weight excluding hydrogens is 250 g/mol. The fourth-order valence-corrected chi connectivity index (χ4v) is 2.42. The van der Waals surface area contributed by atoms with Crippen molar-refractivity contribution in [3.8, 4) is 5.75 Å². The Hall–Kier alpha value is -1.91. The van der Waals surface area contributed by atoms with E-state index in [1.807, 2.05) is 19.1 Å². The molecular formula is C16H21N3O. The van der Waals surface area contributed by atoms with Crippen LogP contribution in [0.25, 0.3) is 0 Å². The van der Waals surface area contributed by atoms with Gasteiger partial charge in [-0.2, -0.15) is 0 Å². The Morgan fingerprint density at radius 2 is 1.90 bits per heavy atom. The number of ether oxygens (including phenoxy) is 1. The van der Waals surface area contributed by atoms with E-state index in [-0.39, 0.29) is 6.04 Å². The number of rotatable bonds is 5. The minimum Gasteiger partial charge on any atom is -0.496 e. The van der Waals surface area contributed by atoms with Crippen molar-refractivity contribution in [2.45, 2.75) is 26.3 Å². The highest BCUT2D eigenvalue weighted by Crippen LogP contribution is 2.28. The van der Waals surface area contributed by atoms with Crippen molar-refractivity contribution in [1.82, 2.24) is 10.4 Å². The summed E-state index contributed by atoms with van der Waals surface area (Å²) in [6.45, 7) is 4.12. The first-order valence-electron chi connectivity index (χ1n) is 6.66. The molecule has 0 aliphatic heterocycles. The maximum Gasteiger partial charge on any atom is 0.122 e. The lowest BCUT2D eigenvalue weighted by atomic mass is 9.94. The van der Waals surface area contributed by atoms with E-state index in [9.17, 15) is 0 Å². The zero-order valence-electron chi connectivity index (χ0n) is 12.2. The lowest BCUT2D eigenvalue weighted by Crippen LogP contribution is -2.30. The van der Waals surface area contributed by atoms with Gasteiger partial charge in [0, 0.05) is 12.4 Å². The molecule has 106 valence electrons. The molecule has 0 spiro atoms. The lowest BCUT2D eigenvalue weighted by molar-refractivity contribution is 0.410. The van der Waals surface area contributed by atoms with Crippen LogP contribution < -0.4 is 16.0 Å². The molecule has 1 aromatic carbocycles. The van der Waals surface area contributed by atoms with Crippen molar-refractivity contribution in [2.75, 3.05) is 7.11 Å². The van der Waals surface area contributed by atoms with Crippen LogP contribution in [-0.4, -0.2) is 12.1 Å². The van der Waals surface area contributed by atoms with Gasteiger partial charge < -0.3 is 4.74 Å². The monoisotopic (exact) mass is 271 g/mol. The van der Waals surface area contributed by atoms with Crippen molar-refractivity contribution >= 4 is 0 Å². The first-order valence-corrected chi connectivity index (χ1v) is 6.66. The van der Waals surface area contributed by atoms with Gasteiger partial charge in [0.1, 0.15) is 5.75 Å². The maximum absolute atomic E-state index is 5.75. The van der Waals surface area contributed by atoms with Gasteiger partial charge in [0.25, 0.3) is 0 Å². The Morgan fingerprint density at radius 3 is 2.50 bits per heavy atom. The van der Waals surface area contributed by atoms with Crippen LogP contribution in [0, 0.1) is 13.8 Å². The lowest BCUT2D eigenvalue weighted by Gasteiger charge is -2.20. The van der Waals surface area contributed by atoms with Crippen LogP contribution in [0.1, 0.15) is 28.3 Å². The predicted octanol–water partition coefficient (Wildman–Crippen LogP) is 2.45. The normalized spacial score (nSPS) is 12.2. The fraction of sp³-hybridized carbons (Fsp3) is 0.312. The molecule has 20 heavy (non-hydrogen) atoms. The van der Waals surface area contributed by atoms with E-state index in [0.717, 1.165) is 17.7 Å². The highest BCUT2D eigenvalue weighted by atomic mass is 16.5. The predicted molar refractivity (Wildman–Crippen MR) is 80.5 cm³/mol. The number of benzene rings is 1. The topological polar surface area (TPSA) is 60.2 Å². The van der Waals surface area contributed by atoms with Crippen LogP contribution >= 0.6 is 0 Å². The van der Waals surface area contributed by atoms with Crippen LogP contribution in [-0.2, 0) is 6.42 Å². The summed E-state index contributed by atoms with van der Waals surface area (Å²) in [6.07, 6.45) is 4.43. The first-order chi connectivity index (χ1) is 9.65. The molecule has 1 aromatic heterocycles. The molecule has 0 radical (unpaired) electrons. The molecule has 0 saturated carbocycles. The molecule has 0 bridgehead atoms. The largest absolute Gasteiger partial charge is 0.496 e. The molecule has 2 aromatic rings. The SMILES string of the molecule is COc1cc(C)c(C(Cc2ccncc2)NN)cc1C. The molecule has 0 amide bonds. The van der Waals surface area contributed by atoms with Crippen molar-refractivity contribution in [1.29, 1.82) is 0 Å². The Balaban J connectivity index is 2.30. The summed E-state index contributed by atoms with van der Waals surface area (Å²) >= 11 is 0. The van der Waals surface area contributed by atoms with Gasteiger partial charge in [0.2, 0.25) is 0 Å². The summed E-state index contributed by atoms with van der Waals surface area (Å²) in [5, 5.41) is 0. The van der Waals surface area contributed by atoms with Gasteiger partial charge in [0.15, 0.2) is 0 Å². The van der Waals surface area contributed by atoms with Crippen LogP contribution in [0.15, 0.2) is 36.7 Å². The number of aromatic nitrogens is 1. The van der Waals surface area contributed by atoms with E-state index in [1.165, 1.54) is 16.7 Å². The van der Waals surface area contributed by atoms with Crippen LogP contribution in [0.3, 0.4) is 0 Å². The van der Waals surface area contributed by atoms with Crippen LogP contribution in [0.4, 0.5) is 0 Å². The van der Waals surface area contributed by atoms with Gasteiger partial charge in [-0.1, -0.05) is 6.07 Å². The average molecular weight is 271 g/mol. The first kappa shape index (κ1) is 14.5. The number of hydrazine groups is 1. The molecule has 0 fully saturated rings. The zero-order chi connectivity index (χ0) is 14.5. The van der Waals surface area contributed by atoms with Gasteiger partial charge in [-0.05, 0) is 60.7 Å². The summed E-state index contributed by atoms with van der Waals surface area (Å²) < 4.78 is 5.35. The maximum atomic E-state index is 5.75. The molecule has 0 saturated heterocycles. The minimum absolute atomic E-state index is 0.0713.